The zero-order valence-electron chi connectivity index (χ0n) is 44.0. The van der Waals surface area contributed by atoms with Crippen LogP contribution in [0.25, 0.3) is 22.3 Å². The highest BCUT2D eigenvalue weighted by molar-refractivity contribution is 5.94. The fourth-order valence-corrected chi connectivity index (χ4v) is 8.52. The number of carbonyl (C=O) groups excluding carboxylic acids is 4. The van der Waals surface area contributed by atoms with Gasteiger partial charge in [-0.1, -0.05) is 146 Å². The zero-order valence-corrected chi connectivity index (χ0v) is 44.0. The Labute approximate surface area is 448 Å². The number of unbranched alkanes of at least 4 members (excludes halogenated alkanes) is 14. The molecule has 0 heterocycles. The summed E-state index contributed by atoms with van der Waals surface area (Å²) in [6.45, 7) is 5.76. The minimum atomic E-state index is -0.548. The van der Waals surface area contributed by atoms with Crippen molar-refractivity contribution in [2.75, 3.05) is 13.2 Å². The molecule has 0 N–H and O–H groups in total. The van der Waals surface area contributed by atoms with Gasteiger partial charge >= 0.3 is 23.9 Å². The summed E-state index contributed by atoms with van der Waals surface area (Å²) in [7, 11) is 0. The molecule has 0 saturated heterocycles. The van der Waals surface area contributed by atoms with Crippen LogP contribution in [0.3, 0.4) is 0 Å². The Morgan fingerprint density at radius 1 is 0.276 bits per heavy atom. The normalized spacial score (nSPS) is 10.9. The van der Waals surface area contributed by atoms with Crippen molar-refractivity contribution in [2.24, 2.45) is 0 Å². The van der Waals surface area contributed by atoms with E-state index in [1.54, 1.807) is 121 Å². The lowest BCUT2D eigenvalue weighted by Gasteiger charge is -2.10. The van der Waals surface area contributed by atoms with Gasteiger partial charge in [-0.25, -0.2) is 19.2 Å². The van der Waals surface area contributed by atoms with Gasteiger partial charge in [0.25, 0.3) is 0 Å². The predicted octanol–water partition coefficient (Wildman–Crippen LogP) is 16.9. The number of rotatable bonds is 30. The minimum Gasteiger partial charge on any atom is -0.494 e. The summed E-state index contributed by atoms with van der Waals surface area (Å²) in [5.74, 6) is 0.668. The van der Waals surface area contributed by atoms with Gasteiger partial charge < -0.3 is 28.4 Å². The van der Waals surface area contributed by atoms with Gasteiger partial charge in [-0.15, -0.1) is 0 Å². The highest BCUT2D eigenvalue weighted by atomic mass is 16.5. The molecule has 76 heavy (non-hydrogen) atoms. The van der Waals surface area contributed by atoms with Crippen molar-refractivity contribution >= 4 is 23.9 Å². The molecule has 10 heteroatoms. The Hall–Kier alpha value is -7.98. The molecule has 0 aliphatic heterocycles. The average Bonchev–Trinajstić information content (AvgIpc) is 3.45. The van der Waals surface area contributed by atoms with E-state index in [0.29, 0.717) is 70.0 Å². The van der Waals surface area contributed by atoms with Crippen LogP contribution in [-0.4, -0.2) is 37.1 Å². The molecule has 0 aliphatic carbocycles. The van der Waals surface area contributed by atoms with E-state index in [9.17, 15) is 19.2 Å². The molecule has 0 saturated carbocycles. The Morgan fingerprint density at radius 3 is 0.816 bits per heavy atom. The maximum atomic E-state index is 13.0. The van der Waals surface area contributed by atoms with Crippen LogP contribution >= 0.6 is 0 Å². The lowest BCUT2D eigenvalue weighted by molar-refractivity contribution is 0.0720. The lowest BCUT2D eigenvalue weighted by atomic mass is 9.99. The van der Waals surface area contributed by atoms with Crippen molar-refractivity contribution in [1.29, 1.82) is 0 Å². The standard InChI is InChI=1S/C66H70O10/c1-3-5-7-9-11-13-15-17-46-71-57-34-26-51(27-35-57)63(67)75-61-42-30-53(31-43-61)65(69)73-59-38-22-49(23-39-59)55-20-19-21-56(48-55)50-24-40-60(41-25-50)74-66(70)54-32-44-62(45-33-54)76-64(68)52-28-36-58(37-29-52)72-47-18-16-14-12-10-8-6-4-2/h19-45,48H,3-18,46-47H2,1-2H3. The van der Waals surface area contributed by atoms with Gasteiger partial charge in [0.05, 0.1) is 35.5 Å². The number of carbonyl (C=O) groups is 4. The molecule has 10 nitrogen and oxygen atoms in total. The lowest BCUT2D eigenvalue weighted by Crippen LogP contribution is -2.10. The molecule has 0 radical (unpaired) electrons. The van der Waals surface area contributed by atoms with Crippen LogP contribution in [0.15, 0.2) is 170 Å². The highest BCUT2D eigenvalue weighted by Crippen LogP contribution is 2.30. The molecular formula is C66H70O10. The van der Waals surface area contributed by atoms with Gasteiger partial charge in [0.1, 0.15) is 34.5 Å². The summed E-state index contributed by atoms with van der Waals surface area (Å²) in [6.07, 6.45) is 19.8. The Morgan fingerprint density at radius 2 is 0.526 bits per heavy atom. The van der Waals surface area contributed by atoms with E-state index >= 15 is 0 Å². The molecule has 7 aromatic carbocycles. The second kappa shape index (κ2) is 30.4. The number of benzene rings is 7. The van der Waals surface area contributed by atoms with Gasteiger partial charge in [-0.05, 0) is 162 Å². The van der Waals surface area contributed by atoms with Crippen LogP contribution in [0, 0.1) is 0 Å². The average molecular weight is 1020 g/mol. The van der Waals surface area contributed by atoms with Crippen molar-refractivity contribution in [1.82, 2.24) is 0 Å². The summed E-state index contributed by atoms with van der Waals surface area (Å²) in [5.41, 5.74) is 5.14. The third-order valence-electron chi connectivity index (χ3n) is 13.0. The highest BCUT2D eigenvalue weighted by Gasteiger charge is 2.15. The molecule has 7 rings (SSSR count). The van der Waals surface area contributed by atoms with Crippen LogP contribution in [-0.2, 0) is 0 Å². The summed E-state index contributed by atoms with van der Waals surface area (Å²) in [5, 5.41) is 0. The SMILES string of the molecule is CCCCCCCCCCOc1ccc(C(=O)Oc2ccc(C(=O)Oc3ccc(-c4cccc(-c5ccc(OC(=O)c6ccc(OC(=O)c7ccc(OCCCCCCCCCC)cc7)cc6)cc5)c4)cc3)cc2)cc1. The molecule has 0 atom stereocenters. The summed E-state index contributed by atoms with van der Waals surface area (Å²) in [4.78, 5) is 51.8. The second-order valence-electron chi connectivity index (χ2n) is 18.9. The van der Waals surface area contributed by atoms with Crippen LogP contribution in [0.2, 0.25) is 0 Å². The van der Waals surface area contributed by atoms with E-state index in [-0.39, 0.29) is 0 Å². The maximum Gasteiger partial charge on any atom is 0.343 e. The number of hydrogen-bond acceptors (Lipinski definition) is 10. The minimum absolute atomic E-state index is 0.302. The molecule has 7 aromatic rings. The molecule has 394 valence electrons. The Kier molecular flexibility index (Phi) is 22.3. The van der Waals surface area contributed by atoms with E-state index in [0.717, 1.165) is 47.9 Å². The smallest absolute Gasteiger partial charge is 0.343 e. The van der Waals surface area contributed by atoms with Gasteiger partial charge in [0.2, 0.25) is 0 Å². The summed E-state index contributed by atoms with van der Waals surface area (Å²) >= 11 is 0. The summed E-state index contributed by atoms with van der Waals surface area (Å²) < 4.78 is 34.2. The van der Waals surface area contributed by atoms with E-state index < -0.39 is 23.9 Å². The van der Waals surface area contributed by atoms with Gasteiger partial charge in [0.15, 0.2) is 0 Å². The fraction of sp³-hybridized carbons (Fsp3) is 0.303. The van der Waals surface area contributed by atoms with Crippen molar-refractivity contribution < 1.29 is 47.6 Å². The van der Waals surface area contributed by atoms with E-state index in [2.05, 4.69) is 19.9 Å². The number of ether oxygens (including phenoxy) is 6. The maximum absolute atomic E-state index is 13.0. The van der Waals surface area contributed by atoms with Crippen molar-refractivity contribution in [3.8, 4) is 56.8 Å². The van der Waals surface area contributed by atoms with Gasteiger partial charge in [-0.3, -0.25) is 0 Å². The molecular weight excluding hydrogens is 953 g/mol. The zero-order chi connectivity index (χ0) is 53.2. The quantitative estimate of drug-likeness (QED) is 0.0244. The first-order valence-electron chi connectivity index (χ1n) is 27.1. The van der Waals surface area contributed by atoms with E-state index in [1.165, 1.54) is 77.0 Å². The van der Waals surface area contributed by atoms with Crippen molar-refractivity contribution in [3.63, 3.8) is 0 Å². The molecule has 0 aromatic heterocycles. The second-order valence-corrected chi connectivity index (χ2v) is 18.9. The number of hydrogen-bond donors (Lipinski definition) is 0. The van der Waals surface area contributed by atoms with Crippen LogP contribution in [0.4, 0.5) is 0 Å². The van der Waals surface area contributed by atoms with Crippen LogP contribution < -0.4 is 28.4 Å². The van der Waals surface area contributed by atoms with Crippen LogP contribution in [0.1, 0.15) is 158 Å². The molecule has 0 spiro atoms. The Bertz CT molecular complexity index is 2680. The third kappa shape index (κ3) is 18.1. The van der Waals surface area contributed by atoms with E-state index in [1.807, 2.05) is 42.5 Å². The first-order valence-corrected chi connectivity index (χ1v) is 27.1. The van der Waals surface area contributed by atoms with Gasteiger partial charge in [0, 0.05) is 0 Å². The first kappa shape index (κ1) is 55.8. The molecule has 0 amide bonds. The Balaban J connectivity index is 0.815. The molecule has 0 bridgehead atoms. The van der Waals surface area contributed by atoms with Crippen molar-refractivity contribution in [2.45, 2.75) is 117 Å². The topological polar surface area (TPSA) is 124 Å². The molecule has 0 unspecified atom stereocenters. The molecule has 0 aliphatic rings. The molecule has 0 fully saturated rings. The van der Waals surface area contributed by atoms with Crippen LogP contribution in [0.5, 0.6) is 34.5 Å². The summed E-state index contributed by atoms with van der Waals surface area (Å²) in [6, 6.07) is 48.8. The number of esters is 4. The first-order chi connectivity index (χ1) is 37.2. The third-order valence-corrected chi connectivity index (χ3v) is 13.0. The predicted molar refractivity (Wildman–Crippen MR) is 299 cm³/mol. The van der Waals surface area contributed by atoms with Gasteiger partial charge in [-0.2, -0.15) is 0 Å². The fourth-order valence-electron chi connectivity index (χ4n) is 8.52. The largest absolute Gasteiger partial charge is 0.494 e. The monoisotopic (exact) mass is 1020 g/mol. The van der Waals surface area contributed by atoms with Crippen molar-refractivity contribution in [3.05, 3.63) is 192 Å². The van der Waals surface area contributed by atoms with E-state index in [4.69, 9.17) is 28.4 Å².